The maximum Gasteiger partial charge on any atom is 0.147 e. The van der Waals surface area contributed by atoms with Crippen LogP contribution in [0.1, 0.15) is 18.4 Å². The van der Waals surface area contributed by atoms with E-state index in [1.807, 2.05) is 6.07 Å². The summed E-state index contributed by atoms with van der Waals surface area (Å²) in [6.07, 6.45) is 2.57. The third-order valence-electron chi connectivity index (χ3n) is 3.82. The van der Waals surface area contributed by atoms with Gasteiger partial charge in [0.15, 0.2) is 0 Å². The van der Waals surface area contributed by atoms with E-state index in [9.17, 15) is 4.39 Å². The summed E-state index contributed by atoms with van der Waals surface area (Å²) in [6.45, 7) is 2.93. The number of nitrogens with one attached hydrogen (secondary N) is 1. The molecule has 2 nitrogen and oxygen atoms in total. The normalized spacial score (nSPS) is 14.5. The maximum absolute atomic E-state index is 13.7. The van der Waals surface area contributed by atoms with Gasteiger partial charge in [-0.3, -0.25) is 0 Å². The highest BCUT2D eigenvalue weighted by Gasteiger charge is 2.11. The van der Waals surface area contributed by atoms with Gasteiger partial charge in [-0.1, -0.05) is 28.1 Å². The number of rotatable bonds is 4. The van der Waals surface area contributed by atoms with Crippen LogP contribution in [0, 0.1) is 5.82 Å². The summed E-state index contributed by atoms with van der Waals surface area (Å²) < 4.78 is 14.5. The third-order valence-corrected chi connectivity index (χ3v) is 4.31. The first kappa shape index (κ1) is 14.4. The van der Waals surface area contributed by atoms with E-state index in [4.69, 9.17) is 0 Å². The Kier molecular flexibility index (Phi) is 4.44. The summed E-state index contributed by atoms with van der Waals surface area (Å²) in [5, 5.41) is 3.14. The van der Waals surface area contributed by atoms with Gasteiger partial charge in [-0.05, 0) is 48.7 Å². The van der Waals surface area contributed by atoms with Gasteiger partial charge in [0.25, 0.3) is 0 Å². The van der Waals surface area contributed by atoms with E-state index < -0.39 is 0 Å². The molecule has 1 aliphatic rings. The molecule has 4 heteroatoms. The molecule has 2 aromatic carbocycles. The molecule has 110 valence electrons. The fraction of sp³-hybridized carbons (Fsp3) is 0.294. The number of halogens is 2. The zero-order valence-electron chi connectivity index (χ0n) is 11.8. The summed E-state index contributed by atoms with van der Waals surface area (Å²) in [5.41, 5.74) is 2.97. The number of hydrogen-bond donors (Lipinski definition) is 1. The van der Waals surface area contributed by atoms with Crippen molar-refractivity contribution < 1.29 is 4.39 Å². The fourth-order valence-electron chi connectivity index (χ4n) is 2.63. The number of benzene rings is 2. The van der Waals surface area contributed by atoms with Gasteiger partial charge >= 0.3 is 0 Å². The second-order valence-electron chi connectivity index (χ2n) is 5.34. The summed E-state index contributed by atoms with van der Waals surface area (Å²) in [5.74, 6) is -0.238. The standard InChI is InChI=1S/C17H18BrFN2/c18-14-5-8-17(16(19)11-14)20-12-13-3-6-15(7-4-13)21-9-1-2-10-21/h3-8,11,20H,1-2,9-10,12H2. The molecular weight excluding hydrogens is 331 g/mol. The van der Waals surface area contributed by atoms with Crippen LogP contribution in [0.5, 0.6) is 0 Å². The Bertz CT molecular complexity index is 607. The molecule has 1 aliphatic heterocycles. The summed E-state index contributed by atoms with van der Waals surface area (Å²) in [7, 11) is 0. The van der Waals surface area contributed by atoms with Gasteiger partial charge in [0.05, 0.1) is 5.69 Å². The Morgan fingerprint density at radius 2 is 1.76 bits per heavy atom. The molecule has 0 spiro atoms. The highest BCUT2D eigenvalue weighted by atomic mass is 79.9. The van der Waals surface area contributed by atoms with Crippen molar-refractivity contribution >= 4 is 27.3 Å². The predicted molar refractivity (Wildman–Crippen MR) is 89.3 cm³/mol. The second-order valence-corrected chi connectivity index (χ2v) is 6.25. The van der Waals surface area contributed by atoms with Crippen LogP contribution in [0.4, 0.5) is 15.8 Å². The van der Waals surface area contributed by atoms with Crippen molar-refractivity contribution in [1.82, 2.24) is 0 Å². The molecule has 1 saturated heterocycles. The average Bonchev–Trinajstić information content (AvgIpc) is 3.01. The average molecular weight is 349 g/mol. The Labute approximate surface area is 133 Å². The van der Waals surface area contributed by atoms with Gasteiger partial charge in [-0.25, -0.2) is 4.39 Å². The quantitative estimate of drug-likeness (QED) is 0.853. The Morgan fingerprint density at radius 3 is 2.43 bits per heavy atom. The van der Waals surface area contributed by atoms with Gasteiger partial charge in [-0.15, -0.1) is 0 Å². The van der Waals surface area contributed by atoms with Crippen molar-refractivity contribution in [3.63, 3.8) is 0 Å². The summed E-state index contributed by atoms with van der Waals surface area (Å²) >= 11 is 3.26. The van der Waals surface area contributed by atoms with E-state index in [2.05, 4.69) is 50.4 Å². The lowest BCUT2D eigenvalue weighted by molar-refractivity contribution is 0.629. The van der Waals surface area contributed by atoms with Gasteiger partial charge in [0.1, 0.15) is 5.82 Å². The van der Waals surface area contributed by atoms with Crippen molar-refractivity contribution in [3.8, 4) is 0 Å². The minimum absolute atomic E-state index is 0.238. The zero-order valence-corrected chi connectivity index (χ0v) is 13.4. The van der Waals surface area contributed by atoms with Crippen molar-refractivity contribution in [2.24, 2.45) is 0 Å². The molecule has 0 saturated carbocycles. The molecule has 0 aromatic heterocycles. The lowest BCUT2D eigenvalue weighted by Gasteiger charge is -2.18. The first-order chi connectivity index (χ1) is 10.2. The molecule has 1 heterocycles. The van der Waals surface area contributed by atoms with Crippen LogP contribution in [0.2, 0.25) is 0 Å². The van der Waals surface area contributed by atoms with Crippen molar-refractivity contribution in [3.05, 3.63) is 58.3 Å². The molecule has 1 N–H and O–H groups in total. The van der Waals surface area contributed by atoms with Gasteiger partial charge in [-0.2, -0.15) is 0 Å². The van der Waals surface area contributed by atoms with Crippen LogP contribution >= 0.6 is 15.9 Å². The molecule has 0 aliphatic carbocycles. The SMILES string of the molecule is Fc1cc(Br)ccc1NCc1ccc(N2CCCC2)cc1. The fourth-order valence-corrected chi connectivity index (χ4v) is 2.96. The number of anilines is 2. The van der Waals surface area contributed by atoms with E-state index in [0.29, 0.717) is 12.2 Å². The number of hydrogen-bond acceptors (Lipinski definition) is 2. The van der Waals surface area contributed by atoms with Crippen molar-refractivity contribution in [2.45, 2.75) is 19.4 Å². The Morgan fingerprint density at radius 1 is 1.05 bits per heavy atom. The summed E-state index contributed by atoms with van der Waals surface area (Å²) in [6, 6.07) is 13.6. The highest BCUT2D eigenvalue weighted by molar-refractivity contribution is 9.10. The summed E-state index contributed by atoms with van der Waals surface area (Å²) in [4.78, 5) is 2.41. The topological polar surface area (TPSA) is 15.3 Å². The molecule has 21 heavy (non-hydrogen) atoms. The van der Waals surface area contributed by atoms with Crippen LogP contribution in [0.15, 0.2) is 46.9 Å². The molecule has 0 unspecified atom stereocenters. The zero-order chi connectivity index (χ0) is 14.7. The molecule has 0 radical (unpaired) electrons. The molecule has 1 fully saturated rings. The van der Waals surface area contributed by atoms with Crippen LogP contribution in [0.3, 0.4) is 0 Å². The van der Waals surface area contributed by atoms with Crippen LogP contribution in [-0.2, 0) is 6.54 Å². The van der Waals surface area contributed by atoms with Gasteiger partial charge in [0.2, 0.25) is 0 Å². The van der Waals surface area contributed by atoms with Crippen LogP contribution < -0.4 is 10.2 Å². The van der Waals surface area contributed by atoms with E-state index in [-0.39, 0.29) is 5.82 Å². The minimum Gasteiger partial charge on any atom is -0.379 e. The first-order valence-electron chi connectivity index (χ1n) is 7.25. The van der Waals surface area contributed by atoms with Gasteiger partial charge < -0.3 is 10.2 Å². The molecule has 2 aromatic rings. The van der Waals surface area contributed by atoms with Crippen molar-refractivity contribution in [1.29, 1.82) is 0 Å². The highest BCUT2D eigenvalue weighted by Crippen LogP contribution is 2.22. The molecule has 3 rings (SSSR count). The molecule has 0 atom stereocenters. The van der Waals surface area contributed by atoms with E-state index in [1.165, 1.54) is 24.6 Å². The van der Waals surface area contributed by atoms with Crippen molar-refractivity contribution in [2.75, 3.05) is 23.3 Å². The van der Waals surface area contributed by atoms with E-state index in [1.54, 1.807) is 6.07 Å². The lowest BCUT2D eigenvalue weighted by atomic mass is 10.2. The monoisotopic (exact) mass is 348 g/mol. The van der Waals surface area contributed by atoms with Crippen LogP contribution in [-0.4, -0.2) is 13.1 Å². The maximum atomic E-state index is 13.7. The number of nitrogens with zero attached hydrogens (tertiary/aromatic N) is 1. The predicted octanol–water partition coefficient (Wildman–Crippen LogP) is 4.80. The molecule has 0 bridgehead atoms. The minimum atomic E-state index is -0.238. The molecular formula is C17H18BrFN2. The third kappa shape index (κ3) is 3.56. The lowest BCUT2D eigenvalue weighted by Crippen LogP contribution is -2.17. The van der Waals surface area contributed by atoms with Gasteiger partial charge in [0, 0.05) is 29.8 Å². The van der Waals surface area contributed by atoms with E-state index >= 15 is 0 Å². The molecule has 0 amide bonds. The Hall–Kier alpha value is -1.55. The second kappa shape index (κ2) is 6.48. The van der Waals surface area contributed by atoms with Crippen LogP contribution in [0.25, 0.3) is 0 Å². The van der Waals surface area contributed by atoms with E-state index in [0.717, 1.165) is 23.1 Å². The largest absolute Gasteiger partial charge is 0.379 e. The first-order valence-corrected chi connectivity index (χ1v) is 8.04. The Balaban J connectivity index is 1.62. The smallest absolute Gasteiger partial charge is 0.147 e.